The van der Waals surface area contributed by atoms with Crippen LogP contribution in [0.25, 0.3) is 0 Å². The summed E-state index contributed by atoms with van der Waals surface area (Å²) in [5.41, 5.74) is 0. The van der Waals surface area contributed by atoms with Crippen LogP contribution in [0.2, 0.25) is 0 Å². The Bertz CT molecular complexity index is 583. The topological polar surface area (TPSA) is 80.0 Å². The molecule has 0 aliphatic rings. The molecule has 0 bridgehead atoms. The highest BCUT2D eigenvalue weighted by Gasteiger charge is 2.13. The summed E-state index contributed by atoms with van der Waals surface area (Å²) in [6.07, 6.45) is 3.34. The first-order chi connectivity index (χ1) is 10.2. The molecule has 2 aromatic heterocycles. The Morgan fingerprint density at radius 2 is 2.48 bits per heavy atom. The summed E-state index contributed by atoms with van der Waals surface area (Å²) in [4.78, 5) is 11.9. The highest BCUT2D eigenvalue weighted by Crippen LogP contribution is 2.25. The van der Waals surface area contributed by atoms with E-state index in [1.807, 2.05) is 13.0 Å². The van der Waals surface area contributed by atoms with Crippen molar-refractivity contribution in [2.75, 3.05) is 17.6 Å². The van der Waals surface area contributed by atoms with E-state index in [-0.39, 0.29) is 11.9 Å². The second kappa shape index (κ2) is 7.84. The van der Waals surface area contributed by atoms with Crippen LogP contribution in [0.4, 0.5) is 5.13 Å². The SMILES string of the molecule is C=CCNc1nnc(SCC(=O)N[C@H](C)c2ccco2)s1. The summed E-state index contributed by atoms with van der Waals surface area (Å²) < 4.78 is 5.99. The number of aromatic nitrogens is 2. The monoisotopic (exact) mass is 324 g/mol. The number of nitrogens with one attached hydrogen (secondary N) is 2. The molecule has 2 aromatic rings. The van der Waals surface area contributed by atoms with Crippen molar-refractivity contribution in [2.45, 2.75) is 17.3 Å². The van der Waals surface area contributed by atoms with Gasteiger partial charge in [0.2, 0.25) is 11.0 Å². The lowest BCUT2D eigenvalue weighted by Crippen LogP contribution is -2.27. The molecular weight excluding hydrogens is 308 g/mol. The summed E-state index contributed by atoms with van der Waals surface area (Å²) in [5.74, 6) is 0.959. The zero-order valence-corrected chi connectivity index (χ0v) is 13.2. The summed E-state index contributed by atoms with van der Waals surface area (Å²) >= 11 is 2.77. The van der Waals surface area contributed by atoms with Gasteiger partial charge in [0, 0.05) is 6.54 Å². The Morgan fingerprint density at radius 1 is 1.62 bits per heavy atom. The predicted molar refractivity (Wildman–Crippen MR) is 84.6 cm³/mol. The lowest BCUT2D eigenvalue weighted by atomic mass is 10.2. The second-order valence-corrected chi connectivity index (χ2v) is 6.34. The molecule has 2 heterocycles. The van der Waals surface area contributed by atoms with Crippen LogP contribution in [-0.4, -0.2) is 28.4 Å². The number of hydrogen-bond acceptors (Lipinski definition) is 7. The minimum absolute atomic E-state index is 0.0697. The van der Waals surface area contributed by atoms with Crippen molar-refractivity contribution in [1.29, 1.82) is 0 Å². The number of anilines is 1. The van der Waals surface area contributed by atoms with Crippen molar-refractivity contribution in [3.8, 4) is 0 Å². The van der Waals surface area contributed by atoms with E-state index in [0.717, 1.165) is 15.2 Å². The van der Waals surface area contributed by atoms with E-state index in [9.17, 15) is 4.79 Å². The van der Waals surface area contributed by atoms with Crippen LogP contribution in [0.5, 0.6) is 0 Å². The van der Waals surface area contributed by atoms with E-state index >= 15 is 0 Å². The van der Waals surface area contributed by atoms with Gasteiger partial charge >= 0.3 is 0 Å². The van der Waals surface area contributed by atoms with Crippen LogP contribution in [-0.2, 0) is 4.79 Å². The average Bonchev–Trinajstić information content (AvgIpc) is 3.14. The normalized spacial score (nSPS) is 11.9. The summed E-state index contributed by atoms with van der Waals surface area (Å²) in [6.45, 7) is 6.14. The molecule has 2 N–H and O–H groups in total. The molecular formula is C13H16N4O2S2. The number of carbonyl (C=O) groups is 1. The van der Waals surface area contributed by atoms with Gasteiger partial charge in [-0.25, -0.2) is 0 Å². The maximum Gasteiger partial charge on any atom is 0.231 e. The van der Waals surface area contributed by atoms with Gasteiger partial charge in [0.1, 0.15) is 5.76 Å². The molecule has 6 nitrogen and oxygen atoms in total. The van der Waals surface area contributed by atoms with Gasteiger partial charge < -0.3 is 15.1 Å². The van der Waals surface area contributed by atoms with Gasteiger partial charge in [-0.1, -0.05) is 29.2 Å². The number of amides is 1. The van der Waals surface area contributed by atoms with Gasteiger partial charge in [-0.2, -0.15) is 0 Å². The molecule has 0 aromatic carbocycles. The number of hydrogen-bond donors (Lipinski definition) is 2. The highest BCUT2D eigenvalue weighted by molar-refractivity contribution is 8.01. The first-order valence-electron chi connectivity index (χ1n) is 6.33. The van der Waals surface area contributed by atoms with Crippen molar-refractivity contribution in [3.63, 3.8) is 0 Å². The molecule has 0 saturated heterocycles. The zero-order chi connectivity index (χ0) is 15.1. The second-order valence-electron chi connectivity index (χ2n) is 4.14. The number of nitrogens with zero attached hydrogens (tertiary/aromatic N) is 2. The lowest BCUT2D eigenvalue weighted by molar-refractivity contribution is -0.119. The average molecular weight is 324 g/mol. The van der Waals surface area contributed by atoms with Crippen molar-refractivity contribution in [3.05, 3.63) is 36.8 Å². The summed E-state index contributed by atoms with van der Waals surface area (Å²) in [7, 11) is 0. The summed E-state index contributed by atoms with van der Waals surface area (Å²) in [6, 6.07) is 3.49. The quantitative estimate of drug-likeness (QED) is 0.574. The van der Waals surface area contributed by atoms with Crippen LogP contribution < -0.4 is 10.6 Å². The van der Waals surface area contributed by atoms with Gasteiger partial charge in [-0.15, -0.1) is 16.8 Å². The molecule has 21 heavy (non-hydrogen) atoms. The first kappa shape index (κ1) is 15.6. The van der Waals surface area contributed by atoms with Crippen molar-refractivity contribution < 1.29 is 9.21 Å². The van der Waals surface area contributed by atoms with E-state index in [2.05, 4.69) is 27.4 Å². The van der Waals surface area contributed by atoms with E-state index < -0.39 is 0 Å². The smallest absolute Gasteiger partial charge is 0.231 e. The van der Waals surface area contributed by atoms with E-state index in [1.54, 1.807) is 18.4 Å². The molecule has 1 amide bonds. The van der Waals surface area contributed by atoms with E-state index in [4.69, 9.17) is 4.42 Å². The van der Waals surface area contributed by atoms with Crippen molar-refractivity contribution in [1.82, 2.24) is 15.5 Å². The fourth-order valence-electron chi connectivity index (χ4n) is 1.52. The Kier molecular flexibility index (Phi) is 5.82. The number of rotatable bonds is 8. The van der Waals surface area contributed by atoms with Gasteiger partial charge in [-0.05, 0) is 19.1 Å². The fraction of sp³-hybridized carbons (Fsp3) is 0.308. The lowest BCUT2D eigenvalue weighted by Gasteiger charge is -2.10. The molecule has 0 fully saturated rings. The standard InChI is InChI=1S/C13H16N4O2S2/c1-3-6-14-12-16-17-13(21-12)20-8-11(18)15-9(2)10-5-4-7-19-10/h3-5,7,9H,1,6,8H2,2H3,(H,14,16)(H,15,18)/t9-/m1/s1. The Balaban J connectivity index is 1.75. The molecule has 0 aliphatic heterocycles. The van der Waals surface area contributed by atoms with E-state index in [0.29, 0.717) is 12.3 Å². The third-order valence-corrected chi connectivity index (χ3v) is 4.49. The Labute approximate surface area is 131 Å². The molecule has 0 radical (unpaired) electrons. The molecule has 0 saturated carbocycles. The summed E-state index contributed by atoms with van der Waals surface area (Å²) in [5, 5.41) is 14.6. The molecule has 8 heteroatoms. The molecule has 0 spiro atoms. The van der Waals surface area contributed by atoms with Crippen LogP contribution in [0.3, 0.4) is 0 Å². The predicted octanol–water partition coefficient (Wildman–Crippen LogP) is 2.70. The fourth-order valence-corrected chi connectivity index (χ4v) is 3.09. The van der Waals surface area contributed by atoms with Crippen molar-refractivity contribution >= 4 is 34.1 Å². The highest BCUT2D eigenvalue weighted by atomic mass is 32.2. The van der Waals surface area contributed by atoms with Crippen molar-refractivity contribution in [2.24, 2.45) is 0 Å². The Hall–Kier alpha value is -1.80. The maximum atomic E-state index is 11.9. The Morgan fingerprint density at radius 3 is 3.19 bits per heavy atom. The third kappa shape index (κ3) is 4.91. The largest absolute Gasteiger partial charge is 0.467 e. The van der Waals surface area contributed by atoms with Gasteiger partial charge in [0.15, 0.2) is 4.34 Å². The number of carbonyl (C=O) groups excluding carboxylic acids is 1. The number of thioether (sulfide) groups is 1. The van der Waals surface area contributed by atoms with Crippen LogP contribution in [0.1, 0.15) is 18.7 Å². The van der Waals surface area contributed by atoms with Gasteiger partial charge in [-0.3, -0.25) is 4.79 Å². The minimum Gasteiger partial charge on any atom is -0.467 e. The van der Waals surface area contributed by atoms with Crippen LogP contribution in [0, 0.1) is 0 Å². The molecule has 1 atom stereocenters. The van der Waals surface area contributed by atoms with Crippen LogP contribution in [0.15, 0.2) is 39.8 Å². The van der Waals surface area contributed by atoms with Gasteiger partial charge in [0.05, 0.1) is 18.1 Å². The zero-order valence-electron chi connectivity index (χ0n) is 11.5. The molecule has 112 valence electrons. The third-order valence-electron chi connectivity index (χ3n) is 2.48. The number of furan rings is 1. The molecule has 0 aliphatic carbocycles. The first-order valence-corrected chi connectivity index (χ1v) is 8.13. The van der Waals surface area contributed by atoms with Gasteiger partial charge in [0.25, 0.3) is 0 Å². The molecule has 0 unspecified atom stereocenters. The molecule has 2 rings (SSSR count). The minimum atomic E-state index is -0.146. The van der Waals surface area contributed by atoms with E-state index in [1.165, 1.54) is 23.1 Å². The van der Waals surface area contributed by atoms with Crippen LogP contribution >= 0.6 is 23.1 Å². The maximum absolute atomic E-state index is 11.9.